The van der Waals surface area contributed by atoms with E-state index in [0.717, 1.165) is 11.3 Å². The van der Waals surface area contributed by atoms with E-state index in [9.17, 15) is 8.42 Å². The van der Waals surface area contributed by atoms with Crippen molar-refractivity contribution in [1.82, 2.24) is 4.98 Å². The van der Waals surface area contributed by atoms with Crippen LogP contribution in [-0.2, 0) is 16.6 Å². The van der Waals surface area contributed by atoms with E-state index in [2.05, 4.69) is 9.71 Å². The lowest BCUT2D eigenvalue weighted by molar-refractivity contribution is 0.306. The maximum absolute atomic E-state index is 12.3. The molecule has 0 unspecified atom stereocenters. The molecule has 0 saturated heterocycles. The lowest BCUT2D eigenvalue weighted by Gasteiger charge is -2.09. The minimum absolute atomic E-state index is 0.182. The van der Waals surface area contributed by atoms with Crippen LogP contribution in [0.5, 0.6) is 5.75 Å². The van der Waals surface area contributed by atoms with Crippen molar-refractivity contribution in [3.63, 3.8) is 0 Å². The number of hydrogen-bond donors (Lipinski definition) is 1. The molecule has 0 amide bonds. The summed E-state index contributed by atoms with van der Waals surface area (Å²) in [5, 5.41) is 2.05. The number of rotatable bonds is 6. The summed E-state index contributed by atoms with van der Waals surface area (Å²) in [4.78, 5) is 4.11. The molecule has 23 heavy (non-hydrogen) atoms. The highest BCUT2D eigenvalue weighted by Crippen LogP contribution is 2.19. The number of ether oxygens (including phenoxy) is 1. The van der Waals surface area contributed by atoms with E-state index < -0.39 is 10.0 Å². The molecular weight excluding hydrogens is 332 g/mol. The van der Waals surface area contributed by atoms with Crippen LogP contribution >= 0.6 is 11.3 Å². The highest BCUT2D eigenvalue weighted by molar-refractivity contribution is 7.93. The van der Waals surface area contributed by atoms with Crippen molar-refractivity contribution in [1.29, 1.82) is 0 Å². The average molecular weight is 346 g/mol. The van der Waals surface area contributed by atoms with E-state index in [1.807, 2.05) is 36.4 Å². The number of benzene rings is 2. The zero-order chi connectivity index (χ0) is 16.1. The van der Waals surface area contributed by atoms with Gasteiger partial charge in [0.1, 0.15) is 12.4 Å². The van der Waals surface area contributed by atoms with Gasteiger partial charge in [0.15, 0.2) is 5.13 Å². The van der Waals surface area contributed by atoms with Crippen molar-refractivity contribution < 1.29 is 13.2 Å². The summed E-state index contributed by atoms with van der Waals surface area (Å²) in [6.07, 6.45) is 1.55. The molecule has 0 atom stereocenters. The van der Waals surface area contributed by atoms with Crippen molar-refractivity contribution in [2.75, 3.05) is 4.72 Å². The van der Waals surface area contributed by atoms with Gasteiger partial charge in [0.2, 0.25) is 0 Å². The van der Waals surface area contributed by atoms with Gasteiger partial charge in [-0.15, -0.1) is 11.3 Å². The predicted molar refractivity (Wildman–Crippen MR) is 90.1 cm³/mol. The normalized spacial score (nSPS) is 11.1. The van der Waals surface area contributed by atoms with Gasteiger partial charge in [-0.3, -0.25) is 4.72 Å². The molecule has 0 aliphatic heterocycles. The highest BCUT2D eigenvalue weighted by Gasteiger charge is 2.15. The van der Waals surface area contributed by atoms with E-state index in [4.69, 9.17) is 4.74 Å². The Hall–Kier alpha value is -2.38. The maximum atomic E-state index is 12.3. The molecule has 0 fully saturated rings. The highest BCUT2D eigenvalue weighted by atomic mass is 32.2. The van der Waals surface area contributed by atoms with Crippen LogP contribution in [-0.4, -0.2) is 13.4 Å². The second kappa shape index (κ2) is 6.80. The third kappa shape index (κ3) is 4.08. The molecule has 3 rings (SSSR count). The second-order valence-corrected chi connectivity index (χ2v) is 7.27. The average Bonchev–Trinajstić information content (AvgIpc) is 3.06. The Kier molecular flexibility index (Phi) is 4.59. The number of nitrogens with one attached hydrogen (secondary N) is 1. The Labute approximate surface area is 138 Å². The fourth-order valence-electron chi connectivity index (χ4n) is 1.93. The van der Waals surface area contributed by atoms with E-state index in [1.165, 1.54) is 11.3 Å². The molecule has 3 aromatic rings. The van der Waals surface area contributed by atoms with E-state index in [0.29, 0.717) is 11.7 Å². The number of aromatic nitrogens is 1. The molecule has 0 bridgehead atoms. The van der Waals surface area contributed by atoms with Gasteiger partial charge in [0.25, 0.3) is 10.0 Å². The smallest absolute Gasteiger partial charge is 0.263 e. The molecule has 2 aromatic carbocycles. The number of nitrogens with zero attached hydrogens (tertiary/aromatic N) is 1. The van der Waals surface area contributed by atoms with Gasteiger partial charge in [-0.1, -0.05) is 30.3 Å². The third-order valence-electron chi connectivity index (χ3n) is 3.01. The lowest BCUT2D eigenvalue weighted by Crippen LogP contribution is -2.13. The second-order valence-electron chi connectivity index (χ2n) is 4.69. The largest absolute Gasteiger partial charge is 0.489 e. The Morgan fingerprint density at radius 2 is 1.91 bits per heavy atom. The summed E-state index contributed by atoms with van der Waals surface area (Å²) < 4.78 is 32.8. The number of sulfonamides is 1. The van der Waals surface area contributed by atoms with Gasteiger partial charge in [-0.05, 0) is 29.8 Å². The molecule has 0 aliphatic rings. The first kappa shape index (κ1) is 15.5. The quantitative estimate of drug-likeness (QED) is 0.741. The van der Waals surface area contributed by atoms with Crippen molar-refractivity contribution in [3.8, 4) is 5.75 Å². The van der Waals surface area contributed by atoms with E-state index >= 15 is 0 Å². The zero-order valence-electron chi connectivity index (χ0n) is 12.0. The van der Waals surface area contributed by atoms with Gasteiger partial charge in [-0.2, -0.15) is 0 Å². The molecule has 1 aromatic heterocycles. The van der Waals surface area contributed by atoms with Gasteiger partial charge in [-0.25, -0.2) is 13.4 Å². The van der Waals surface area contributed by atoms with Crippen molar-refractivity contribution in [2.45, 2.75) is 11.5 Å². The van der Waals surface area contributed by atoms with Crippen LogP contribution in [0.15, 0.2) is 71.1 Å². The zero-order valence-corrected chi connectivity index (χ0v) is 13.7. The Morgan fingerprint density at radius 1 is 1.09 bits per heavy atom. The van der Waals surface area contributed by atoms with Crippen LogP contribution in [0.2, 0.25) is 0 Å². The molecule has 0 saturated carbocycles. The van der Waals surface area contributed by atoms with Crippen LogP contribution in [0.1, 0.15) is 5.56 Å². The summed E-state index contributed by atoms with van der Waals surface area (Å²) in [5.74, 6) is 0.738. The van der Waals surface area contributed by atoms with Gasteiger partial charge >= 0.3 is 0 Å². The summed E-state index contributed by atoms with van der Waals surface area (Å²) in [5.41, 5.74) is 0.774. The Morgan fingerprint density at radius 3 is 2.65 bits per heavy atom. The summed E-state index contributed by atoms with van der Waals surface area (Å²) >= 11 is 1.23. The molecule has 118 valence electrons. The number of anilines is 1. The molecule has 1 N–H and O–H groups in total. The maximum Gasteiger partial charge on any atom is 0.263 e. The molecule has 0 aliphatic carbocycles. The molecule has 0 spiro atoms. The molecule has 1 heterocycles. The minimum Gasteiger partial charge on any atom is -0.489 e. The molecule has 7 heteroatoms. The fraction of sp³-hybridized carbons (Fsp3) is 0.0625. The van der Waals surface area contributed by atoms with Crippen LogP contribution in [0, 0.1) is 0 Å². The Balaban J connectivity index is 1.74. The number of para-hydroxylation sites is 1. The van der Waals surface area contributed by atoms with Crippen molar-refractivity contribution in [3.05, 3.63) is 71.7 Å². The summed E-state index contributed by atoms with van der Waals surface area (Å²) in [7, 11) is -3.65. The molecule has 0 radical (unpaired) electrons. The lowest BCUT2D eigenvalue weighted by atomic mass is 10.2. The Bertz CT molecular complexity index is 863. The van der Waals surface area contributed by atoms with Crippen LogP contribution in [0.25, 0.3) is 0 Å². The first-order valence-electron chi connectivity index (χ1n) is 6.82. The number of thiazole rings is 1. The monoisotopic (exact) mass is 346 g/mol. The fourth-order valence-corrected chi connectivity index (χ4v) is 3.79. The summed E-state index contributed by atoms with van der Waals surface area (Å²) in [6, 6.07) is 16.0. The van der Waals surface area contributed by atoms with Crippen molar-refractivity contribution >= 4 is 26.5 Å². The number of hydrogen-bond acceptors (Lipinski definition) is 5. The molecular formula is C16H14N2O3S2. The first-order chi connectivity index (χ1) is 11.1. The third-order valence-corrected chi connectivity index (χ3v) is 5.17. The van der Waals surface area contributed by atoms with E-state index in [-0.39, 0.29) is 4.90 Å². The van der Waals surface area contributed by atoms with Gasteiger partial charge in [0.05, 0.1) is 4.90 Å². The van der Waals surface area contributed by atoms with Gasteiger partial charge < -0.3 is 4.74 Å². The van der Waals surface area contributed by atoms with Crippen LogP contribution < -0.4 is 9.46 Å². The van der Waals surface area contributed by atoms with Crippen LogP contribution in [0.3, 0.4) is 0 Å². The standard InChI is InChI=1S/C16H14N2O3S2/c19-23(20,18-16-17-9-10-22-16)15-8-4-5-13(11-15)12-21-14-6-2-1-3-7-14/h1-11H,12H2,(H,17,18). The topological polar surface area (TPSA) is 68.3 Å². The first-order valence-corrected chi connectivity index (χ1v) is 9.19. The summed E-state index contributed by atoms with van der Waals surface area (Å²) in [6.45, 7) is 0.296. The van der Waals surface area contributed by atoms with Crippen molar-refractivity contribution in [2.24, 2.45) is 0 Å². The minimum atomic E-state index is -3.65. The van der Waals surface area contributed by atoms with Crippen LogP contribution in [0.4, 0.5) is 5.13 Å². The van der Waals surface area contributed by atoms with E-state index in [1.54, 1.807) is 29.8 Å². The van der Waals surface area contributed by atoms with Gasteiger partial charge in [0, 0.05) is 11.6 Å². The SMILES string of the molecule is O=S(=O)(Nc1nccs1)c1cccc(COc2ccccc2)c1. The molecule has 5 nitrogen and oxygen atoms in total. The predicted octanol–water partition coefficient (Wildman–Crippen LogP) is 3.52.